The third-order valence-corrected chi connectivity index (χ3v) is 5.38. The molecule has 28 heavy (non-hydrogen) atoms. The van der Waals surface area contributed by atoms with Gasteiger partial charge in [0.25, 0.3) is 11.1 Å². The van der Waals surface area contributed by atoms with Gasteiger partial charge in [-0.25, -0.2) is 10.4 Å². The molecular formula is C19H15Br2N3O3S. The average molecular weight is 525 g/mol. The Hall–Kier alpha value is -2.10. The molecule has 1 aromatic heterocycles. The summed E-state index contributed by atoms with van der Waals surface area (Å²) >= 11 is 8.12. The molecule has 3 rings (SSSR count). The molecule has 1 heterocycles. The van der Waals surface area contributed by atoms with Crippen LogP contribution in [0, 0.1) is 0 Å². The van der Waals surface area contributed by atoms with Crippen molar-refractivity contribution in [3.05, 3.63) is 63.6 Å². The first-order chi connectivity index (χ1) is 13.6. The van der Waals surface area contributed by atoms with Crippen molar-refractivity contribution in [1.82, 2.24) is 10.4 Å². The number of nitrogens with one attached hydrogen (secondary N) is 1. The van der Waals surface area contributed by atoms with Crippen molar-refractivity contribution in [2.24, 2.45) is 5.10 Å². The number of thioether (sulfide) groups is 1. The van der Waals surface area contributed by atoms with Gasteiger partial charge >= 0.3 is 0 Å². The number of halogens is 2. The Balaban J connectivity index is 1.53. The molecule has 0 aliphatic carbocycles. The van der Waals surface area contributed by atoms with Crippen LogP contribution in [0.5, 0.6) is 5.75 Å². The monoisotopic (exact) mass is 523 g/mol. The summed E-state index contributed by atoms with van der Waals surface area (Å²) in [7, 11) is 0. The Kier molecular flexibility index (Phi) is 7.30. The largest absolute Gasteiger partial charge is 0.487 e. The van der Waals surface area contributed by atoms with Crippen LogP contribution >= 0.6 is 43.6 Å². The second-order valence-corrected chi connectivity index (χ2v) is 8.08. The van der Waals surface area contributed by atoms with E-state index in [-0.39, 0.29) is 11.7 Å². The van der Waals surface area contributed by atoms with E-state index in [0.29, 0.717) is 23.2 Å². The molecule has 1 amide bonds. The van der Waals surface area contributed by atoms with Crippen LogP contribution in [0.2, 0.25) is 0 Å². The van der Waals surface area contributed by atoms with Crippen LogP contribution in [-0.2, 0) is 4.79 Å². The predicted octanol–water partition coefficient (Wildman–Crippen LogP) is 5.16. The molecule has 0 atom stereocenters. The molecule has 0 aliphatic heterocycles. The Morgan fingerprint density at radius 1 is 1.32 bits per heavy atom. The maximum Gasteiger partial charge on any atom is 0.257 e. The molecule has 0 saturated heterocycles. The zero-order chi connectivity index (χ0) is 19.9. The maximum atomic E-state index is 12.0. The smallest absolute Gasteiger partial charge is 0.257 e. The second kappa shape index (κ2) is 9.90. The Morgan fingerprint density at radius 3 is 2.79 bits per heavy atom. The molecular weight excluding hydrogens is 510 g/mol. The van der Waals surface area contributed by atoms with Crippen LogP contribution in [0.1, 0.15) is 5.56 Å². The van der Waals surface area contributed by atoms with Crippen molar-refractivity contribution in [2.75, 3.05) is 12.4 Å². The van der Waals surface area contributed by atoms with Crippen LogP contribution < -0.4 is 10.2 Å². The Morgan fingerprint density at radius 2 is 2.07 bits per heavy atom. The highest BCUT2D eigenvalue weighted by Crippen LogP contribution is 2.34. The number of hydrogen-bond donors (Lipinski definition) is 1. The summed E-state index contributed by atoms with van der Waals surface area (Å²) < 4.78 is 12.7. The van der Waals surface area contributed by atoms with E-state index >= 15 is 0 Å². The van der Waals surface area contributed by atoms with E-state index in [0.717, 1.165) is 20.0 Å². The summed E-state index contributed by atoms with van der Waals surface area (Å²) in [5.41, 5.74) is 4.74. The first-order valence-electron chi connectivity index (χ1n) is 8.10. The normalized spacial score (nSPS) is 11.1. The van der Waals surface area contributed by atoms with Gasteiger partial charge in [-0.3, -0.25) is 4.79 Å². The molecule has 9 heteroatoms. The number of rotatable bonds is 8. The van der Waals surface area contributed by atoms with E-state index < -0.39 is 0 Å². The van der Waals surface area contributed by atoms with Gasteiger partial charge in [-0.05, 0) is 61.7 Å². The summed E-state index contributed by atoms with van der Waals surface area (Å²) in [6.07, 6.45) is 3.22. The molecule has 6 nitrogen and oxygen atoms in total. The van der Waals surface area contributed by atoms with Crippen molar-refractivity contribution in [2.45, 2.75) is 5.22 Å². The minimum absolute atomic E-state index is 0.145. The van der Waals surface area contributed by atoms with Crippen LogP contribution in [-0.4, -0.2) is 29.5 Å². The van der Waals surface area contributed by atoms with E-state index in [2.05, 4.69) is 54.0 Å². The number of aromatic nitrogens is 1. The highest BCUT2D eigenvalue weighted by Gasteiger charge is 2.09. The fourth-order valence-corrected chi connectivity index (χ4v) is 4.27. The van der Waals surface area contributed by atoms with Gasteiger partial charge in [-0.15, -0.1) is 0 Å². The number of amides is 1. The lowest BCUT2D eigenvalue weighted by molar-refractivity contribution is -0.118. The SMILES string of the molecule is C=CCOc1c(Br)cc(/C=N\NC(=O)CSc2nc3ccccc3o2)cc1Br. The van der Waals surface area contributed by atoms with E-state index in [1.807, 2.05) is 36.4 Å². The highest BCUT2D eigenvalue weighted by molar-refractivity contribution is 9.11. The van der Waals surface area contributed by atoms with Crippen molar-refractivity contribution in [3.63, 3.8) is 0 Å². The van der Waals surface area contributed by atoms with Gasteiger partial charge in [0.2, 0.25) is 0 Å². The third kappa shape index (κ3) is 5.46. The van der Waals surface area contributed by atoms with Gasteiger partial charge in [0.1, 0.15) is 17.9 Å². The predicted molar refractivity (Wildman–Crippen MR) is 118 cm³/mol. The number of nitrogens with zero attached hydrogens (tertiary/aromatic N) is 2. The lowest BCUT2D eigenvalue weighted by atomic mass is 10.2. The molecule has 0 fully saturated rings. The van der Waals surface area contributed by atoms with Crippen molar-refractivity contribution >= 4 is 66.8 Å². The number of carbonyl (C=O) groups is 1. The highest BCUT2D eigenvalue weighted by atomic mass is 79.9. The number of fused-ring (bicyclic) bond motifs is 1. The number of para-hydroxylation sites is 2. The van der Waals surface area contributed by atoms with Gasteiger partial charge in [0.15, 0.2) is 5.58 Å². The quantitative estimate of drug-likeness (QED) is 0.190. The van der Waals surface area contributed by atoms with Crippen LogP contribution in [0.4, 0.5) is 0 Å². The van der Waals surface area contributed by atoms with Crippen molar-refractivity contribution in [3.8, 4) is 5.75 Å². The van der Waals surface area contributed by atoms with Gasteiger partial charge in [-0.2, -0.15) is 5.10 Å². The summed E-state index contributed by atoms with van der Waals surface area (Å²) in [6, 6.07) is 11.1. The summed E-state index contributed by atoms with van der Waals surface area (Å²) in [5.74, 6) is 0.565. The molecule has 0 aliphatic rings. The number of ether oxygens (including phenoxy) is 1. The molecule has 0 saturated carbocycles. The van der Waals surface area contributed by atoms with E-state index in [4.69, 9.17) is 9.15 Å². The molecule has 0 unspecified atom stereocenters. The van der Waals surface area contributed by atoms with Gasteiger partial charge in [0.05, 0.1) is 20.9 Å². The fraction of sp³-hybridized carbons (Fsp3) is 0.105. The first-order valence-corrected chi connectivity index (χ1v) is 10.7. The zero-order valence-electron chi connectivity index (χ0n) is 14.5. The zero-order valence-corrected chi connectivity index (χ0v) is 18.5. The lowest BCUT2D eigenvalue weighted by Gasteiger charge is -2.09. The molecule has 0 spiro atoms. The lowest BCUT2D eigenvalue weighted by Crippen LogP contribution is -2.19. The molecule has 3 aromatic rings. The van der Waals surface area contributed by atoms with Gasteiger partial charge in [0, 0.05) is 0 Å². The van der Waals surface area contributed by atoms with Crippen LogP contribution in [0.15, 0.2) is 72.7 Å². The van der Waals surface area contributed by atoms with Crippen molar-refractivity contribution in [1.29, 1.82) is 0 Å². The summed E-state index contributed by atoms with van der Waals surface area (Å²) in [6.45, 7) is 4.03. The second-order valence-electron chi connectivity index (χ2n) is 5.44. The van der Waals surface area contributed by atoms with Gasteiger partial charge in [-0.1, -0.05) is 36.5 Å². The van der Waals surface area contributed by atoms with Crippen molar-refractivity contribution < 1.29 is 13.9 Å². The fourth-order valence-electron chi connectivity index (χ4n) is 2.19. The van der Waals surface area contributed by atoms with Gasteiger partial charge < -0.3 is 9.15 Å². The number of benzene rings is 2. The maximum absolute atomic E-state index is 12.0. The minimum atomic E-state index is -0.257. The minimum Gasteiger partial charge on any atom is -0.487 e. The molecule has 1 N–H and O–H groups in total. The topological polar surface area (TPSA) is 76.7 Å². The number of hydrazone groups is 1. The summed E-state index contributed by atoms with van der Waals surface area (Å²) in [4.78, 5) is 16.3. The molecule has 0 bridgehead atoms. The van der Waals surface area contributed by atoms with E-state index in [1.54, 1.807) is 12.3 Å². The summed E-state index contributed by atoms with van der Waals surface area (Å²) in [5, 5.41) is 4.43. The first kappa shape index (κ1) is 20.6. The average Bonchev–Trinajstić information content (AvgIpc) is 3.09. The number of oxazole rings is 1. The molecule has 2 aromatic carbocycles. The number of hydrogen-bond acceptors (Lipinski definition) is 6. The Bertz CT molecular complexity index is 980. The van der Waals surface area contributed by atoms with Crippen LogP contribution in [0.3, 0.4) is 0 Å². The Labute approximate surface area is 182 Å². The number of carbonyl (C=O) groups excluding carboxylic acids is 1. The van der Waals surface area contributed by atoms with E-state index in [9.17, 15) is 4.79 Å². The van der Waals surface area contributed by atoms with Crippen LogP contribution in [0.25, 0.3) is 11.1 Å². The molecule has 0 radical (unpaired) electrons. The molecule has 144 valence electrons. The standard InChI is InChI=1S/C19H15Br2N3O3S/c1-2-7-26-18-13(20)8-12(9-14(18)21)10-22-24-17(25)11-28-19-23-15-5-3-4-6-16(15)27-19/h2-6,8-10H,1,7,11H2,(H,24,25)/b22-10-. The van der Waals surface area contributed by atoms with E-state index in [1.165, 1.54) is 11.8 Å². The third-order valence-electron chi connectivity index (χ3n) is 3.37.